The van der Waals surface area contributed by atoms with Gasteiger partial charge in [0.05, 0.1) is 0 Å². The Morgan fingerprint density at radius 3 is 1.23 bits per heavy atom. The fraction of sp³-hybridized carbons (Fsp3) is 0.912. The maximum Gasteiger partial charge on any atom is 0.490 e. The summed E-state index contributed by atoms with van der Waals surface area (Å²) in [5.74, 6) is -1.58. The van der Waals surface area contributed by atoms with Gasteiger partial charge in [-0.05, 0) is 228 Å². The van der Waals surface area contributed by atoms with Crippen molar-refractivity contribution >= 4 is 29.8 Å². The molecule has 0 aliphatic heterocycles. The number of halogens is 6. The van der Waals surface area contributed by atoms with Crippen LogP contribution in [-0.4, -0.2) is 72.7 Å². The third-order valence-electron chi connectivity index (χ3n) is 23.0. The Bertz CT molecular complexity index is 1930. The van der Waals surface area contributed by atoms with Crippen LogP contribution in [0.2, 0.25) is 0 Å². The van der Waals surface area contributed by atoms with Crippen LogP contribution >= 0.6 is 0 Å². The number of aliphatic carboxylic acids is 1. The number of carboxylic acids is 1. The molecule has 0 heterocycles. The molecule has 0 aromatic heterocycles. The molecule has 1 N–H and O–H groups in total. The van der Waals surface area contributed by atoms with E-state index in [-0.39, 0.29) is 58.2 Å². The van der Waals surface area contributed by atoms with Gasteiger partial charge in [0.25, 0.3) is 0 Å². The van der Waals surface area contributed by atoms with Crippen LogP contribution in [0.4, 0.5) is 26.3 Å². The van der Waals surface area contributed by atoms with Crippen molar-refractivity contribution in [1.82, 2.24) is 0 Å². The van der Waals surface area contributed by atoms with Gasteiger partial charge < -0.3 is 24.1 Å². The molecule has 0 amide bonds. The van der Waals surface area contributed by atoms with Crippen LogP contribution in [0.25, 0.3) is 0 Å². The van der Waals surface area contributed by atoms with Crippen molar-refractivity contribution in [3.8, 4) is 0 Å². The SMILES string of the molecule is C[C@H](CCC(=O)OCC(C)(COC(=O)CC[C@@H](C)[C@H]1CC[C@H]2[C@@H]3CC[C@@H]4C[C@H](OC(=O)C(F)(F)F)CC[C@]4(C)[C@H]3CC[C@]12C)C(=O)O)[C@H]1CC[C@H]2[C@@H]3CC[C@@H]4C[C@H](OC(=O)C(F)(F)F)CC[C@]4(C)[C@H]3CC[C@]12C. The molecule has 414 valence electrons. The highest BCUT2D eigenvalue weighted by atomic mass is 19.4. The average molecular weight is 1040 g/mol. The molecule has 8 aliphatic carbocycles. The zero-order chi connectivity index (χ0) is 53.3. The van der Waals surface area contributed by atoms with Gasteiger partial charge >= 0.3 is 42.2 Å². The van der Waals surface area contributed by atoms with Gasteiger partial charge in [0, 0.05) is 12.8 Å². The predicted molar refractivity (Wildman–Crippen MR) is 257 cm³/mol. The molecule has 0 unspecified atom stereocenters. The van der Waals surface area contributed by atoms with E-state index in [2.05, 4.69) is 41.5 Å². The van der Waals surface area contributed by atoms with Crippen LogP contribution in [0.3, 0.4) is 0 Å². The second kappa shape index (κ2) is 20.7. The number of carbonyl (C=O) groups is 5. The topological polar surface area (TPSA) is 142 Å². The van der Waals surface area contributed by atoms with E-state index in [0.717, 1.165) is 89.9 Å². The first-order valence-corrected chi connectivity index (χ1v) is 28.1. The van der Waals surface area contributed by atoms with Crippen LogP contribution in [0.5, 0.6) is 0 Å². The minimum atomic E-state index is -4.99. The minimum Gasteiger partial charge on any atom is -0.481 e. The smallest absolute Gasteiger partial charge is 0.481 e. The van der Waals surface area contributed by atoms with Crippen LogP contribution in [0.15, 0.2) is 0 Å². The van der Waals surface area contributed by atoms with E-state index in [1.807, 2.05) is 0 Å². The summed E-state index contributed by atoms with van der Waals surface area (Å²) < 4.78 is 98.9. The molecule has 18 atom stereocenters. The van der Waals surface area contributed by atoms with Gasteiger partial charge in [0.2, 0.25) is 0 Å². The summed E-state index contributed by atoms with van der Waals surface area (Å²) in [5, 5.41) is 10.2. The third kappa shape index (κ3) is 10.8. The molecule has 0 saturated heterocycles. The lowest BCUT2D eigenvalue weighted by Gasteiger charge is -2.61. The van der Waals surface area contributed by atoms with Crippen molar-refractivity contribution < 1.29 is 74.4 Å². The van der Waals surface area contributed by atoms with Gasteiger partial charge in [-0.2, -0.15) is 26.3 Å². The summed E-state index contributed by atoms with van der Waals surface area (Å²) in [6.07, 6.45) is 5.98. The summed E-state index contributed by atoms with van der Waals surface area (Å²) in [4.78, 5) is 62.2. The predicted octanol–water partition coefficient (Wildman–Crippen LogP) is 13.3. The van der Waals surface area contributed by atoms with E-state index in [4.69, 9.17) is 18.9 Å². The Morgan fingerprint density at radius 2 is 0.877 bits per heavy atom. The summed E-state index contributed by atoms with van der Waals surface area (Å²) in [5.41, 5.74) is -1.41. The van der Waals surface area contributed by atoms with Crippen LogP contribution < -0.4 is 0 Å². The highest BCUT2D eigenvalue weighted by Gasteiger charge is 2.63. The van der Waals surface area contributed by atoms with Crippen LogP contribution in [-0.2, 0) is 42.9 Å². The van der Waals surface area contributed by atoms with Gasteiger partial charge in [-0.3, -0.25) is 14.4 Å². The van der Waals surface area contributed by atoms with Crippen molar-refractivity contribution in [2.75, 3.05) is 13.2 Å². The molecule has 0 radical (unpaired) electrons. The summed E-state index contributed by atoms with van der Waals surface area (Å²) >= 11 is 0. The number of hydrogen-bond donors (Lipinski definition) is 1. The molecule has 8 fully saturated rings. The molecule has 73 heavy (non-hydrogen) atoms. The van der Waals surface area contributed by atoms with Gasteiger partial charge in [0.15, 0.2) is 0 Å². The number of alkyl halides is 6. The zero-order valence-corrected chi connectivity index (χ0v) is 44.4. The molecule has 0 bridgehead atoms. The Hall–Kier alpha value is -3.07. The molecule has 10 nitrogen and oxygen atoms in total. The highest BCUT2D eigenvalue weighted by Crippen LogP contribution is 2.70. The van der Waals surface area contributed by atoms with Crippen LogP contribution in [0, 0.1) is 98.1 Å². The molecular formula is C57H84F6O10. The first kappa shape index (κ1) is 56.1. The normalized spacial score (nSPS) is 41.7. The Balaban J connectivity index is 0.758. The molecule has 8 rings (SSSR count). The molecule has 8 saturated carbocycles. The maximum absolute atomic E-state index is 13.2. The van der Waals surface area contributed by atoms with E-state index in [0.29, 0.717) is 85.9 Å². The largest absolute Gasteiger partial charge is 0.490 e. The molecule has 0 aromatic carbocycles. The fourth-order valence-electron chi connectivity index (χ4n) is 18.9. The van der Waals surface area contributed by atoms with Crippen molar-refractivity contribution in [2.45, 2.75) is 214 Å². The van der Waals surface area contributed by atoms with E-state index in [9.17, 15) is 55.4 Å². The third-order valence-corrected chi connectivity index (χ3v) is 23.0. The molecule has 0 spiro atoms. The standard InChI is InChI=1S/C57H84F6O10/c1-32(40-14-16-42-38-12-10-34-28-36(72-49(68)56(58,59)60)20-24-52(34,4)44(38)22-26-54(40,42)6)8-18-46(64)70-30-51(3,48(66)67)31-71-47(65)19-9-33(2)41-15-17-43-39-13-11-35-29-37(73-50(69)57(61,62)63)21-25-53(35,5)45(39)23-27-55(41,43)7/h32-45H,8-31H2,1-7H3,(H,66,67)/t32-,33-,34-,35-,36-,37-,38+,39+,40-,41-,42+,43+,44+,45+,52+,53+,54-,55-/m1/s1. The summed E-state index contributed by atoms with van der Waals surface area (Å²) in [6, 6.07) is 0. The number of carbonyl (C=O) groups excluding carboxylic acids is 4. The van der Waals surface area contributed by atoms with Gasteiger partial charge in [-0.15, -0.1) is 0 Å². The van der Waals surface area contributed by atoms with Crippen molar-refractivity contribution in [3.63, 3.8) is 0 Å². The van der Waals surface area contributed by atoms with E-state index < -0.39 is 73.0 Å². The summed E-state index contributed by atoms with van der Waals surface area (Å²) in [6.45, 7) is 14.5. The second-order valence-corrected chi connectivity index (χ2v) is 26.6. The Morgan fingerprint density at radius 1 is 0.521 bits per heavy atom. The highest BCUT2D eigenvalue weighted by molar-refractivity contribution is 5.77. The van der Waals surface area contributed by atoms with Gasteiger partial charge in [-0.1, -0.05) is 41.5 Å². The zero-order valence-electron chi connectivity index (χ0n) is 44.4. The quantitative estimate of drug-likeness (QED) is 0.0957. The number of rotatable bonds is 15. The monoisotopic (exact) mass is 1040 g/mol. The number of fused-ring (bicyclic) bond motifs is 10. The van der Waals surface area contributed by atoms with E-state index >= 15 is 0 Å². The van der Waals surface area contributed by atoms with Gasteiger partial charge in [0.1, 0.15) is 30.8 Å². The second-order valence-electron chi connectivity index (χ2n) is 26.6. The van der Waals surface area contributed by atoms with Gasteiger partial charge in [-0.25, -0.2) is 9.59 Å². The van der Waals surface area contributed by atoms with E-state index in [1.54, 1.807) is 0 Å². The van der Waals surface area contributed by atoms with Crippen molar-refractivity contribution in [2.24, 2.45) is 98.1 Å². The fourth-order valence-corrected chi connectivity index (χ4v) is 18.9. The minimum absolute atomic E-state index is 0.00285. The lowest BCUT2D eigenvalue weighted by atomic mass is 9.44. The van der Waals surface area contributed by atoms with Crippen molar-refractivity contribution in [1.29, 1.82) is 0 Å². The maximum atomic E-state index is 13.2. The number of carboxylic acid groups (broad SMARTS) is 1. The molecule has 16 heteroatoms. The number of esters is 4. The molecule has 0 aromatic rings. The lowest BCUT2D eigenvalue weighted by molar-refractivity contribution is -0.210. The first-order chi connectivity index (χ1) is 34.0. The molecular weight excluding hydrogens is 959 g/mol. The number of hydrogen-bond acceptors (Lipinski definition) is 9. The molecule has 8 aliphatic rings. The lowest BCUT2D eigenvalue weighted by Crippen LogP contribution is -2.54. The average Bonchev–Trinajstić information content (AvgIpc) is 3.87. The van der Waals surface area contributed by atoms with Crippen LogP contribution in [0.1, 0.15) is 190 Å². The number of ether oxygens (including phenoxy) is 4. The summed E-state index contributed by atoms with van der Waals surface area (Å²) in [7, 11) is 0. The Kier molecular flexibility index (Phi) is 15.9. The van der Waals surface area contributed by atoms with E-state index in [1.165, 1.54) is 6.92 Å². The van der Waals surface area contributed by atoms with Crippen molar-refractivity contribution in [3.05, 3.63) is 0 Å². The first-order valence-electron chi connectivity index (χ1n) is 28.1. The Labute approximate surface area is 428 Å².